The van der Waals surface area contributed by atoms with Crippen molar-refractivity contribution in [2.24, 2.45) is 0 Å². The average molecular weight is 489 g/mol. The zero-order valence-electron chi connectivity index (χ0n) is 20.4. The van der Waals surface area contributed by atoms with Crippen molar-refractivity contribution in [1.82, 2.24) is 5.32 Å². The summed E-state index contributed by atoms with van der Waals surface area (Å²) in [6, 6.07) is 5.61. The van der Waals surface area contributed by atoms with Crippen LogP contribution in [0.5, 0.6) is 0 Å². The van der Waals surface area contributed by atoms with Gasteiger partial charge in [0, 0.05) is 36.6 Å². The Bertz CT molecular complexity index is 721. The van der Waals surface area contributed by atoms with Crippen molar-refractivity contribution in [3.05, 3.63) is 29.3 Å². The Labute approximate surface area is 202 Å². The van der Waals surface area contributed by atoms with Gasteiger partial charge >= 0.3 is 12.1 Å². The van der Waals surface area contributed by atoms with Gasteiger partial charge in [0.05, 0.1) is 6.42 Å². The number of amides is 1. The maximum Gasteiger partial charge on any atom is 0.407 e. The Morgan fingerprint density at radius 1 is 1.00 bits per heavy atom. The number of halogens is 2. The SMILES string of the molecule is Cc1ccc(N(CCCl)CCCl)c(C[C@@H](CC(=O)OC(C)(C)C)NC(=O)OC(C)(C)C)c1. The maximum atomic E-state index is 12.6. The Balaban J connectivity index is 3.20. The fourth-order valence-electron chi connectivity index (χ4n) is 3.24. The summed E-state index contributed by atoms with van der Waals surface area (Å²) in [5.41, 5.74) is 1.79. The fraction of sp³-hybridized carbons (Fsp3) is 0.667. The second-order valence-electron chi connectivity index (χ2n) is 9.84. The molecule has 8 heteroatoms. The minimum atomic E-state index is -0.646. The summed E-state index contributed by atoms with van der Waals surface area (Å²) in [6.07, 6.45) is -0.121. The van der Waals surface area contributed by atoms with Crippen molar-refractivity contribution in [2.75, 3.05) is 29.7 Å². The molecular formula is C24H38Cl2N2O4. The number of nitrogens with zero attached hydrogens (tertiary/aromatic N) is 1. The first kappa shape index (κ1) is 28.4. The molecule has 0 heterocycles. The van der Waals surface area contributed by atoms with Gasteiger partial charge in [-0.2, -0.15) is 0 Å². The molecule has 1 amide bonds. The lowest BCUT2D eigenvalue weighted by Crippen LogP contribution is -2.42. The molecule has 1 aromatic rings. The monoisotopic (exact) mass is 488 g/mol. The van der Waals surface area contributed by atoms with E-state index in [-0.39, 0.29) is 12.4 Å². The number of carbonyl (C=O) groups excluding carboxylic acids is 2. The Morgan fingerprint density at radius 3 is 2.06 bits per heavy atom. The second-order valence-corrected chi connectivity index (χ2v) is 10.6. The molecule has 1 aromatic carbocycles. The van der Waals surface area contributed by atoms with Crippen LogP contribution >= 0.6 is 23.2 Å². The maximum absolute atomic E-state index is 12.6. The second kappa shape index (κ2) is 12.5. The molecule has 1 N–H and O–H groups in total. The number of nitrogens with one attached hydrogen (secondary N) is 1. The van der Waals surface area contributed by atoms with Gasteiger partial charge in [-0.3, -0.25) is 4.79 Å². The van der Waals surface area contributed by atoms with Gasteiger partial charge in [-0.25, -0.2) is 4.79 Å². The molecule has 1 atom stereocenters. The number of hydrogen-bond donors (Lipinski definition) is 1. The first-order valence-corrected chi connectivity index (χ1v) is 12.0. The molecule has 0 aliphatic carbocycles. The number of anilines is 1. The van der Waals surface area contributed by atoms with Gasteiger partial charge in [0.15, 0.2) is 0 Å². The minimum Gasteiger partial charge on any atom is -0.460 e. The van der Waals surface area contributed by atoms with Crippen LogP contribution in [0.15, 0.2) is 18.2 Å². The van der Waals surface area contributed by atoms with Crippen LogP contribution in [0.2, 0.25) is 0 Å². The zero-order chi connectivity index (χ0) is 24.5. The number of rotatable bonds is 10. The van der Waals surface area contributed by atoms with E-state index in [2.05, 4.69) is 16.3 Å². The Kier molecular flexibility index (Phi) is 11.1. The van der Waals surface area contributed by atoms with Gasteiger partial charge in [0.1, 0.15) is 11.2 Å². The lowest BCUT2D eigenvalue weighted by atomic mass is 9.99. The van der Waals surface area contributed by atoms with E-state index in [0.29, 0.717) is 31.3 Å². The summed E-state index contributed by atoms with van der Waals surface area (Å²) in [5, 5.41) is 2.86. The number of alkyl carbamates (subject to hydrolysis) is 1. The van der Waals surface area contributed by atoms with E-state index in [0.717, 1.165) is 16.8 Å². The molecule has 0 bridgehead atoms. The molecule has 0 aliphatic heterocycles. The van der Waals surface area contributed by atoms with Gasteiger partial charge in [0.25, 0.3) is 0 Å². The molecule has 0 unspecified atom stereocenters. The topological polar surface area (TPSA) is 67.9 Å². The van der Waals surface area contributed by atoms with Crippen LogP contribution in [-0.4, -0.2) is 54.2 Å². The number of carbonyl (C=O) groups is 2. The minimum absolute atomic E-state index is 0.0227. The smallest absolute Gasteiger partial charge is 0.407 e. The highest BCUT2D eigenvalue weighted by atomic mass is 35.5. The van der Waals surface area contributed by atoms with Crippen LogP contribution in [0, 0.1) is 6.92 Å². The van der Waals surface area contributed by atoms with E-state index in [4.69, 9.17) is 32.7 Å². The van der Waals surface area contributed by atoms with Crippen LogP contribution in [-0.2, 0) is 20.7 Å². The molecule has 1 rings (SSSR count). The number of hydrogen-bond acceptors (Lipinski definition) is 5. The highest BCUT2D eigenvalue weighted by Gasteiger charge is 2.26. The number of aryl methyl sites for hydroxylation is 1. The molecular weight excluding hydrogens is 451 g/mol. The lowest BCUT2D eigenvalue weighted by molar-refractivity contribution is -0.155. The zero-order valence-corrected chi connectivity index (χ0v) is 21.9. The molecule has 32 heavy (non-hydrogen) atoms. The summed E-state index contributed by atoms with van der Waals surface area (Å²) in [6.45, 7) is 14.1. The van der Waals surface area contributed by atoms with Gasteiger partial charge in [0.2, 0.25) is 0 Å². The van der Waals surface area contributed by atoms with Crippen molar-refractivity contribution in [3.63, 3.8) is 0 Å². The summed E-state index contributed by atoms with van der Waals surface area (Å²) in [7, 11) is 0. The van der Waals surface area contributed by atoms with E-state index in [1.165, 1.54) is 0 Å². The fourth-order valence-corrected chi connectivity index (χ4v) is 3.65. The van der Waals surface area contributed by atoms with E-state index in [9.17, 15) is 9.59 Å². The van der Waals surface area contributed by atoms with Crippen LogP contribution in [0.25, 0.3) is 0 Å². The molecule has 0 spiro atoms. The van der Waals surface area contributed by atoms with E-state index in [1.54, 1.807) is 20.8 Å². The summed E-state index contributed by atoms with van der Waals surface area (Å²) >= 11 is 12.0. The van der Waals surface area contributed by atoms with E-state index in [1.807, 2.05) is 39.8 Å². The van der Waals surface area contributed by atoms with Crippen molar-refractivity contribution in [3.8, 4) is 0 Å². The number of alkyl halides is 2. The lowest BCUT2D eigenvalue weighted by Gasteiger charge is -2.29. The number of benzene rings is 1. The van der Waals surface area contributed by atoms with Crippen LogP contribution in [0.3, 0.4) is 0 Å². The highest BCUT2D eigenvalue weighted by molar-refractivity contribution is 6.18. The summed E-state index contributed by atoms with van der Waals surface area (Å²) in [4.78, 5) is 27.2. The number of ether oxygens (including phenoxy) is 2. The van der Waals surface area contributed by atoms with Crippen LogP contribution < -0.4 is 10.2 Å². The molecule has 0 aromatic heterocycles. The van der Waals surface area contributed by atoms with E-state index >= 15 is 0 Å². The van der Waals surface area contributed by atoms with Crippen LogP contribution in [0.1, 0.15) is 59.1 Å². The summed E-state index contributed by atoms with van der Waals surface area (Å²) < 4.78 is 10.9. The third-order valence-electron chi connectivity index (χ3n) is 4.30. The van der Waals surface area contributed by atoms with Crippen molar-refractivity contribution >= 4 is 41.0 Å². The van der Waals surface area contributed by atoms with Gasteiger partial charge in [-0.1, -0.05) is 17.7 Å². The third kappa shape index (κ3) is 11.3. The molecule has 0 saturated heterocycles. The largest absolute Gasteiger partial charge is 0.460 e. The third-order valence-corrected chi connectivity index (χ3v) is 4.64. The van der Waals surface area contributed by atoms with Gasteiger partial charge in [-0.15, -0.1) is 23.2 Å². The number of esters is 1. The quantitative estimate of drug-likeness (QED) is 0.350. The average Bonchev–Trinajstić information content (AvgIpc) is 2.58. The molecule has 0 fully saturated rings. The molecule has 0 aliphatic rings. The van der Waals surface area contributed by atoms with E-state index < -0.39 is 23.3 Å². The summed E-state index contributed by atoms with van der Waals surface area (Å²) in [5.74, 6) is 0.537. The van der Waals surface area contributed by atoms with Crippen molar-refractivity contribution in [2.45, 2.75) is 78.6 Å². The first-order valence-electron chi connectivity index (χ1n) is 10.9. The predicted molar refractivity (Wildman–Crippen MR) is 132 cm³/mol. The molecule has 0 radical (unpaired) electrons. The standard InChI is InChI=1S/C24H38Cl2N2O4/c1-17-8-9-20(28(12-10-25)13-11-26)18(14-17)15-19(16-21(29)31-23(2,3)4)27-22(30)32-24(5,6)7/h8-9,14,19H,10-13,15-16H2,1-7H3,(H,27,30)/t19-/m0/s1. The Hall–Kier alpha value is -1.66. The van der Waals surface area contributed by atoms with Gasteiger partial charge in [-0.05, 0) is 66.5 Å². The first-order chi connectivity index (χ1) is 14.7. The van der Waals surface area contributed by atoms with Crippen molar-refractivity contribution < 1.29 is 19.1 Å². The molecule has 6 nitrogen and oxygen atoms in total. The van der Waals surface area contributed by atoms with Crippen LogP contribution in [0.4, 0.5) is 10.5 Å². The highest BCUT2D eigenvalue weighted by Crippen LogP contribution is 2.25. The van der Waals surface area contributed by atoms with Gasteiger partial charge < -0.3 is 19.7 Å². The molecule has 182 valence electrons. The normalized spacial score (nSPS) is 12.8. The van der Waals surface area contributed by atoms with Crippen molar-refractivity contribution in [1.29, 1.82) is 0 Å². The predicted octanol–water partition coefficient (Wildman–Crippen LogP) is 5.45. The Morgan fingerprint density at radius 2 is 1.56 bits per heavy atom. The molecule has 0 saturated carbocycles.